The highest BCUT2D eigenvalue weighted by Gasteiger charge is 2.20. The third kappa shape index (κ3) is 4.62. The number of fused-ring (bicyclic) bond motifs is 1. The fraction of sp³-hybridized carbons (Fsp3) is 0.300. The van der Waals surface area contributed by atoms with Gasteiger partial charge in [-0.05, 0) is 45.0 Å². The van der Waals surface area contributed by atoms with Crippen molar-refractivity contribution in [2.45, 2.75) is 39.3 Å². The highest BCUT2D eigenvalue weighted by molar-refractivity contribution is 9.10. The van der Waals surface area contributed by atoms with E-state index in [9.17, 15) is 14.0 Å². The van der Waals surface area contributed by atoms with E-state index in [1.165, 1.54) is 12.3 Å². The first-order valence-electron chi connectivity index (χ1n) is 8.64. The van der Waals surface area contributed by atoms with Crippen molar-refractivity contribution in [3.8, 4) is 0 Å². The molecule has 0 fully saturated rings. The number of pyridine rings is 1. The average molecular weight is 448 g/mol. The van der Waals surface area contributed by atoms with Gasteiger partial charge in [0.1, 0.15) is 16.9 Å². The minimum Gasteiger partial charge on any atom is -0.460 e. The molecule has 2 aromatic heterocycles. The fourth-order valence-corrected chi connectivity index (χ4v) is 3.07. The Bertz CT molecular complexity index is 1110. The number of nitrogens with zero attached hydrogens (tertiary/aromatic N) is 3. The highest BCUT2D eigenvalue weighted by Crippen LogP contribution is 2.18. The van der Waals surface area contributed by atoms with Crippen molar-refractivity contribution in [1.29, 1.82) is 0 Å². The van der Waals surface area contributed by atoms with Gasteiger partial charge in [0.25, 0.3) is 5.56 Å². The van der Waals surface area contributed by atoms with Crippen LogP contribution in [0.2, 0.25) is 0 Å². The molecule has 0 spiro atoms. The summed E-state index contributed by atoms with van der Waals surface area (Å²) in [4.78, 5) is 29.2. The molecule has 0 amide bonds. The van der Waals surface area contributed by atoms with Gasteiger partial charge in [-0.2, -0.15) is 5.10 Å². The first kappa shape index (κ1) is 20.1. The molecule has 0 radical (unpaired) electrons. The Kier molecular flexibility index (Phi) is 5.60. The second-order valence-corrected chi connectivity index (χ2v) is 8.22. The topological polar surface area (TPSA) is 74.1 Å². The maximum atomic E-state index is 14.2. The predicted molar refractivity (Wildman–Crippen MR) is 107 cm³/mol. The quantitative estimate of drug-likeness (QED) is 0.570. The van der Waals surface area contributed by atoms with Crippen molar-refractivity contribution in [2.24, 2.45) is 0 Å². The normalized spacial score (nSPS) is 11.6. The molecule has 0 saturated heterocycles. The molecule has 0 aliphatic heterocycles. The van der Waals surface area contributed by atoms with Gasteiger partial charge >= 0.3 is 5.97 Å². The molecule has 0 atom stereocenters. The molecule has 8 heteroatoms. The molecule has 28 heavy (non-hydrogen) atoms. The Morgan fingerprint density at radius 1 is 1.29 bits per heavy atom. The van der Waals surface area contributed by atoms with E-state index in [0.717, 1.165) is 4.68 Å². The number of hydrogen-bond acceptors (Lipinski definition) is 5. The minimum absolute atomic E-state index is 0.0776. The fourth-order valence-electron chi connectivity index (χ4n) is 2.74. The first-order valence-corrected chi connectivity index (χ1v) is 9.44. The highest BCUT2D eigenvalue weighted by atomic mass is 79.9. The molecule has 0 saturated carbocycles. The zero-order valence-corrected chi connectivity index (χ0v) is 17.3. The molecule has 6 nitrogen and oxygen atoms in total. The van der Waals surface area contributed by atoms with Crippen molar-refractivity contribution in [3.05, 3.63) is 68.4 Å². The Morgan fingerprint density at radius 3 is 2.71 bits per heavy atom. The number of esters is 1. The van der Waals surface area contributed by atoms with Crippen LogP contribution < -0.4 is 5.56 Å². The standard InChI is InChI=1S/C20H19BrFN3O3/c1-20(2,3)28-17(26)10-16-14-5-4-8-23-18(14)19(27)25(24-16)11-12-6-7-13(21)9-15(12)22/h4-9H,10-11H2,1-3H3. The largest absolute Gasteiger partial charge is 0.460 e. The van der Waals surface area contributed by atoms with Gasteiger partial charge in [0.05, 0.1) is 18.7 Å². The number of benzene rings is 1. The van der Waals surface area contributed by atoms with Crippen LogP contribution in [-0.2, 0) is 22.5 Å². The third-order valence-corrected chi connectivity index (χ3v) is 4.36. The molecular formula is C20H19BrFN3O3. The summed E-state index contributed by atoms with van der Waals surface area (Å²) in [7, 11) is 0. The van der Waals surface area contributed by atoms with Gasteiger partial charge < -0.3 is 4.74 Å². The van der Waals surface area contributed by atoms with Crippen molar-refractivity contribution in [3.63, 3.8) is 0 Å². The maximum absolute atomic E-state index is 14.2. The Labute approximate surface area is 169 Å². The molecule has 1 aromatic carbocycles. The molecular weight excluding hydrogens is 429 g/mol. The molecule has 0 aliphatic rings. The number of rotatable bonds is 4. The van der Waals surface area contributed by atoms with E-state index >= 15 is 0 Å². The first-order chi connectivity index (χ1) is 13.1. The van der Waals surface area contributed by atoms with Crippen LogP contribution in [0, 0.1) is 5.82 Å². The molecule has 0 bridgehead atoms. The van der Waals surface area contributed by atoms with Gasteiger partial charge in [-0.3, -0.25) is 14.6 Å². The lowest BCUT2D eigenvalue weighted by molar-refractivity contribution is -0.153. The molecule has 3 aromatic rings. The Morgan fingerprint density at radius 2 is 2.04 bits per heavy atom. The zero-order chi connectivity index (χ0) is 20.5. The predicted octanol–water partition coefficient (Wildman–Crippen LogP) is 3.63. The Hall–Kier alpha value is -2.61. The summed E-state index contributed by atoms with van der Waals surface area (Å²) in [5.41, 5.74) is -0.259. The minimum atomic E-state index is -0.639. The van der Waals surface area contributed by atoms with Gasteiger partial charge in [0, 0.05) is 21.6 Å². The molecule has 0 N–H and O–H groups in total. The number of carbonyl (C=O) groups excluding carboxylic acids is 1. The molecule has 0 aliphatic carbocycles. The number of hydrogen-bond donors (Lipinski definition) is 0. The van der Waals surface area contributed by atoms with E-state index in [1.54, 1.807) is 45.0 Å². The third-order valence-electron chi connectivity index (χ3n) is 3.86. The molecule has 3 rings (SSSR count). The number of ether oxygens (including phenoxy) is 1. The van der Waals surface area contributed by atoms with Crippen molar-refractivity contribution >= 4 is 32.8 Å². The Balaban J connectivity index is 2.05. The van der Waals surface area contributed by atoms with Crippen LogP contribution in [0.15, 0.2) is 45.8 Å². The van der Waals surface area contributed by atoms with Gasteiger partial charge in [0.2, 0.25) is 0 Å². The smallest absolute Gasteiger partial charge is 0.312 e. The van der Waals surface area contributed by atoms with E-state index in [-0.39, 0.29) is 18.5 Å². The van der Waals surface area contributed by atoms with E-state index in [2.05, 4.69) is 26.0 Å². The average Bonchev–Trinajstić information content (AvgIpc) is 2.59. The van der Waals surface area contributed by atoms with Crippen LogP contribution in [0.5, 0.6) is 0 Å². The summed E-state index contributed by atoms with van der Waals surface area (Å²) < 4.78 is 21.3. The molecule has 2 heterocycles. The van der Waals surface area contributed by atoms with E-state index < -0.39 is 22.9 Å². The second kappa shape index (κ2) is 7.79. The van der Waals surface area contributed by atoms with Crippen LogP contribution >= 0.6 is 15.9 Å². The summed E-state index contributed by atoms with van der Waals surface area (Å²) in [5.74, 6) is -0.928. The zero-order valence-electron chi connectivity index (χ0n) is 15.7. The summed E-state index contributed by atoms with van der Waals surface area (Å²) in [6.07, 6.45) is 1.37. The van der Waals surface area contributed by atoms with Crippen molar-refractivity contribution in [2.75, 3.05) is 0 Å². The summed E-state index contributed by atoms with van der Waals surface area (Å²) in [6, 6.07) is 7.93. The second-order valence-electron chi connectivity index (χ2n) is 7.31. The summed E-state index contributed by atoms with van der Waals surface area (Å²) >= 11 is 3.21. The van der Waals surface area contributed by atoms with E-state index in [1.807, 2.05) is 0 Å². The van der Waals surface area contributed by atoms with Crippen LogP contribution in [0.3, 0.4) is 0 Å². The molecule has 0 unspecified atom stereocenters. The summed E-state index contributed by atoms with van der Waals surface area (Å²) in [5, 5.41) is 4.79. The van der Waals surface area contributed by atoms with Crippen LogP contribution in [0.4, 0.5) is 4.39 Å². The number of aromatic nitrogens is 3. The van der Waals surface area contributed by atoms with Crippen molar-refractivity contribution < 1.29 is 13.9 Å². The van der Waals surface area contributed by atoms with Crippen molar-refractivity contribution in [1.82, 2.24) is 14.8 Å². The monoisotopic (exact) mass is 447 g/mol. The number of carbonyl (C=O) groups is 1. The van der Waals surface area contributed by atoms with Crippen LogP contribution in [0.1, 0.15) is 32.0 Å². The van der Waals surface area contributed by atoms with Crippen LogP contribution in [-0.4, -0.2) is 26.3 Å². The molecule has 146 valence electrons. The lowest BCUT2D eigenvalue weighted by Gasteiger charge is -2.19. The van der Waals surface area contributed by atoms with Gasteiger partial charge in [-0.25, -0.2) is 9.07 Å². The number of halogens is 2. The SMILES string of the molecule is CC(C)(C)OC(=O)Cc1nn(Cc2ccc(Br)cc2F)c(=O)c2ncccc12. The summed E-state index contributed by atoms with van der Waals surface area (Å²) in [6.45, 7) is 5.24. The lowest BCUT2D eigenvalue weighted by atomic mass is 10.1. The van der Waals surface area contributed by atoms with Gasteiger partial charge in [0.15, 0.2) is 0 Å². The van der Waals surface area contributed by atoms with Crippen LogP contribution in [0.25, 0.3) is 10.9 Å². The van der Waals surface area contributed by atoms with E-state index in [4.69, 9.17) is 4.74 Å². The van der Waals surface area contributed by atoms with E-state index in [0.29, 0.717) is 21.1 Å². The lowest BCUT2D eigenvalue weighted by Crippen LogP contribution is -2.29. The maximum Gasteiger partial charge on any atom is 0.312 e. The van der Waals surface area contributed by atoms with Gasteiger partial charge in [-0.15, -0.1) is 0 Å². The van der Waals surface area contributed by atoms with Gasteiger partial charge in [-0.1, -0.05) is 22.0 Å².